The van der Waals surface area contributed by atoms with Gasteiger partial charge >= 0.3 is 0 Å². The van der Waals surface area contributed by atoms with E-state index in [2.05, 4.69) is 12.2 Å². The lowest BCUT2D eigenvalue weighted by Crippen LogP contribution is -2.45. The van der Waals surface area contributed by atoms with Crippen LogP contribution in [-0.2, 0) is 9.47 Å². The Morgan fingerprint density at radius 3 is 2.47 bits per heavy atom. The van der Waals surface area contributed by atoms with Crippen LogP contribution in [0.3, 0.4) is 0 Å². The zero-order chi connectivity index (χ0) is 11.0. The lowest BCUT2D eigenvalue weighted by Gasteiger charge is -2.37. The zero-order valence-electron chi connectivity index (χ0n) is 10.2. The van der Waals surface area contributed by atoms with Gasteiger partial charge in [0.1, 0.15) is 0 Å². The molecule has 0 unspecified atom stereocenters. The van der Waals surface area contributed by atoms with E-state index in [1.165, 1.54) is 32.1 Å². The molecule has 0 saturated heterocycles. The maximum atomic E-state index is 6.03. The lowest BCUT2D eigenvalue weighted by molar-refractivity contribution is -0.0820. The van der Waals surface area contributed by atoms with Gasteiger partial charge in [0.15, 0.2) is 0 Å². The van der Waals surface area contributed by atoms with E-state index in [1.807, 2.05) is 0 Å². The molecule has 0 spiro atoms. The van der Waals surface area contributed by atoms with Crippen molar-refractivity contribution in [1.29, 1.82) is 0 Å². The van der Waals surface area contributed by atoms with Gasteiger partial charge in [0.25, 0.3) is 0 Å². The van der Waals surface area contributed by atoms with E-state index in [1.54, 1.807) is 7.11 Å². The standard InChI is InChI=1S/C12H25NO2/c1-3-13-11-12(15-10-9-14-2)7-5-4-6-8-12/h13H,3-11H2,1-2H3. The predicted molar refractivity (Wildman–Crippen MR) is 62.2 cm³/mol. The number of hydrogen-bond donors (Lipinski definition) is 1. The average Bonchev–Trinajstić information content (AvgIpc) is 2.28. The number of rotatable bonds is 7. The van der Waals surface area contributed by atoms with Gasteiger partial charge in [-0.3, -0.25) is 0 Å². The van der Waals surface area contributed by atoms with E-state index < -0.39 is 0 Å². The van der Waals surface area contributed by atoms with Gasteiger partial charge in [-0.2, -0.15) is 0 Å². The van der Waals surface area contributed by atoms with Gasteiger partial charge in [-0.1, -0.05) is 26.2 Å². The molecule has 0 aromatic heterocycles. The minimum atomic E-state index is 0.0901. The van der Waals surface area contributed by atoms with Crippen molar-refractivity contribution < 1.29 is 9.47 Å². The molecule has 1 fully saturated rings. The summed E-state index contributed by atoms with van der Waals surface area (Å²) in [7, 11) is 1.72. The minimum Gasteiger partial charge on any atom is -0.382 e. The monoisotopic (exact) mass is 215 g/mol. The quantitative estimate of drug-likeness (QED) is 0.659. The molecule has 90 valence electrons. The Bertz CT molecular complexity index is 156. The van der Waals surface area contributed by atoms with Gasteiger partial charge in [-0.15, -0.1) is 0 Å². The highest BCUT2D eigenvalue weighted by Gasteiger charge is 2.32. The molecular formula is C12H25NO2. The van der Waals surface area contributed by atoms with Gasteiger partial charge < -0.3 is 14.8 Å². The van der Waals surface area contributed by atoms with Crippen LogP contribution in [0.25, 0.3) is 0 Å². The Balaban J connectivity index is 2.35. The zero-order valence-corrected chi connectivity index (χ0v) is 10.2. The Morgan fingerprint density at radius 2 is 1.87 bits per heavy atom. The average molecular weight is 215 g/mol. The molecule has 0 aromatic carbocycles. The molecule has 1 N–H and O–H groups in total. The molecule has 0 atom stereocenters. The Morgan fingerprint density at radius 1 is 1.13 bits per heavy atom. The van der Waals surface area contributed by atoms with Crippen LogP contribution in [0.4, 0.5) is 0 Å². The van der Waals surface area contributed by atoms with Crippen LogP contribution in [0.5, 0.6) is 0 Å². The van der Waals surface area contributed by atoms with E-state index >= 15 is 0 Å². The fraction of sp³-hybridized carbons (Fsp3) is 1.00. The number of ether oxygens (including phenoxy) is 2. The molecule has 3 nitrogen and oxygen atoms in total. The third kappa shape index (κ3) is 4.49. The summed E-state index contributed by atoms with van der Waals surface area (Å²) in [5.41, 5.74) is 0.0901. The highest BCUT2D eigenvalue weighted by atomic mass is 16.5. The third-order valence-corrected chi connectivity index (χ3v) is 3.16. The van der Waals surface area contributed by atoms with Crippen molar-refractivity contribution in [3.63, 3.8) is 0 Å². The van der Waals surface area contributed by atoms with Crippen molar-refractivity contribution in [3.05, 3.63) is 0 Å². The summed E-state index contributed by atoms with van der Waals surface area (Å²) in [6, 6.07) is 0. The molecule has 1 aliphatic rings. The first-order valence-corrected chi connectivity index (χ1v) is 6.16. The molecule has 0 amide bonds. The SMILES string of the molecule is CCNCC1(OCCOC)CCCCC1. The summed E-state index contributed by atoms with van der Waals surface area (Å²) < 4.78 is 11.1. The van der Waals surface area contributed by atoms with Gasteiger partial charge in [-0.05, 0) is 19.4 Å². The van der Waals surface area contributed by atoms with Crippen molar-refractivity contribution in [3.8, 4) is 0 Å². The maximum absolute atomic E-state index is 6.03. The molecule has 0 aliphatic heterocycles. The van der Waals surface area contributed by atoms with Gasteiger partial charge in [0, 0.05) is 13.7 Å². The number of likely N-dealkylation sites (N-methyl/N-ethyl adjacent to an activating group) is 1. The minimum absolute atomic E-state index is 0.0901. The lowest BCUT2D eigenvalue weighted by atomic mass is 9.84. The Kier molecular flexibility index (Phi) is 6.22. The van der Waals surface area contributed by atoms with Gasteiger partial charge in [0.05, 0.1) is 18.8 Å². The third-order valence-electron chi connectivity index (χ3n) is 3.16. The second kappa shape index (κ2) is 7.20. The van der Waals surface area contributed by atoms with Crippen molar-refractivity contribution >= 4 is 0 Å². The van der Waals surface area contributed by atoms with Crippen LogP contribution in [0.15, 0.2) is 0 Å². The highest BCUT2D eigenvalue weighted by molar-refractivity contribution is 4.86. The fourth-order valence-corrected chi connectivity index (χ4v) is 2.26. The molecule has 0 radical (unpaired) electrons. The van der Waals surface area contributed by atoms with Crippen LogP contribution in [0, 0.1) is 0 Å². The second-order valence-corrected chi connectivity index (χ2v) is 4.37. The first kappa shape index (κ1) is 12.9. The first-order valence-electron chi connectivity index (χ1n) is 6.16. The summed E-state index contributed by atoms with van der Waals surface area (Å²) in [6.45, 7) is 5.59. The number of methoxy groups -OCH3 is 1. The molecule has 15 heavy (non-hydrogen) atoms. The molecule has 0 heterocycles. The van der Waals surface area contributed by atoms with Crippen molar-refractivity contribution in [2.75, 3.05) is 33.4 Å². The molecule has 1 aliphatic carbocycles. The van der Waals surface area contributed by atoms with E-state index in [9.17, 15) is 0 Å². The van der Waals surface area contributed by atoms with Crippen LogP contribution < -0.4 is 5.32 Å². The first-order chi connectivity index (χ1) is 7.33. The van der Waals surface area contributed by atoms with E-state index in [0.29, 0.717) is 6.61 Å². The Labute approximate surface area is 93.5 Å². The molecular weight excluding hydrogens is 190 g/mol. The number of nitrogens with one attached hydrogen (secondary N) is 1. The fourth-order valence-electron chi connectivity index (χ4n) is 2.26. The van der Waals surface area contributed by atoms with E-state index in [-0.39, 0.29) is 5.60 Å². The van der Waals surface area contributed by atoms with E-state index in [4.69, 9.17) is 9.47 Å². The molecule has 0 aromatic rings. The van der Waals surface area contributed by atoms with Gasteiger partial charge in [-0.25, -0.2) is 0 Å². The smallest absolute Gasteiger partial charge is 0.0807 e. The predicted octanol–water partition coefficient (Wildman–Crippen LogP) is 1.96. The normalized spacial score (nSPS) is 20.4. The van der Waals surface area contributed by atoms with E-state index in [0.717, 1.165) is 19.7 Å². The van der Waals surface area contributed by atoms with Crippen molar-refractivity contribution in [1.82, 2.24) is 5.32 Å². The van der Waals surface area contributed by atoms with Gasteiger partial charge in [0.2, 0.25) is 0 Å². The maximum Gasteiger partial charge on any atom is 0.0807 e. The second-order valence-electron chi connectivity index (χ2n) is 4.37. The largest absolute Gasteiger partial charge is 0.382 e. The Hall–Kier alpha value is -0.120. The van der Waals surface area contributed by atoms with Crippen LogP contribution >= 0.6 is 0 Å². The van der Waals surface area contributed by atoms with Crippen molar-refractivity contribution in [2.45, 2.75) is 44.6 Å². The topological polar surface area (TPSA) is 30.5 Å². The summed E-state index contributed by atoms with van der Waals surface area (Å²) in [5.74, 6) is 0. The molecule has 1 rings (SSSR count). The molecule has 1 saturated carbocycles. The summed E-state index contributed by atoms with van der Waals surface area (Å²) in [6.07, 6.45) is 6.37. The van der Waals surface area contributed by atoms with Crippen molar-refractivity contribution in [2.24, 2.45) is 0 Å². The summed E-state index contributed by atoms with van der Waals surface area (Å²) in [5, 5.41) is 3.42. The number of hydrogen-bond acceptors (Lipinski definition) is 3. The van der Waals surface area contributed by atoms with Crippen LogP contribution in [-0.4, -0.2) is 39.0 Å². The molecule has 3 heteroatoms. The molecule has 0 bridgehead atoms. The van der Waals surface area contributed by atoms with Crippen LogP contribution in [0.2, 0.25) is 0 Å². The summed E-state index contributed by atoms with van der Waals surface area (Å²) in [4.78, 5) is 0. The summed E-state index contributed by atoms with van der Waals surface area (Å²) >= 11 is 0. The highest BCUT2D eigenvalue weighted by Crippen LogP contribution is 2.31. The van der Waals surface area contributed by atoms with Crippen LogP contribution in [0.1, 0.15) is 39.0 Å².